The number of sulfonamides is 1. The van der Waals surface area contributed by atoms with Crippen molar-refractivity contribution in [1.29, 1.82) is 0 Å². The maximum atomic E-state index is 12.5. The molecule has 0 heterocycles. The minimum absolute atomic E-state index is 0.0471. The minimum atomic E-state index is -3.44. The maximum absolute atomic E-state index is 12.5. The average Bonchev–Trinajstić information content (AvgIpc) is 3.21. The van der Waals surface area contributed by atoms with E-state index >= 15 is 0 Å². The monoisotopic (exact) mass is 347 g/mol. The van der Waals surface area contributed by atoms with Crippen LogP contribution >= 0.6 is 15.9 Å². The third-order valence-electron chi connectivity index (χ3n) is 3.68. The molecule has 0 aromatic heterocycles. The van der Waals surface area contributed by atoms with E-state index in [-0.39, 0.29) is 10.9 Å². The van der Waals surface area contributed by atoms with Crippen LogP contribution in [0.4, 0.5) is 0 Å². The molecule has 1 saturated carbocycles. The Morgan fingerprint density at radius 1 is 1.42 bits per heavy atom. The van der Waals surface area contributed by atoms with Crippen molar-refractivity contribution in [2.45, 2.75) is 30.7 Å². The van der Waals surface area contributed by atoms with Crippen LogP contribution in [0.1, 0.15) is 19.8 Å². The van der Waals surface area contributed by atoms with Gasteiger partial charge < -0.3 is 4.74 Å². The van der Waals surface area contributed by atoms with Crippen LogP contribution in [-0.4, -0.2) is 32.9 Å². The summed E-state index contributed by atoms with van der Waals surface area (Å²) >= 11 is 3.32. The first kappa shape index (κ1) is 14.8. The van der Waals surface area contributed by atoms with Gasteiger partial charge in [-0.05, 0) is 59.8 Å². The van der Waals surface area contributed by atoms with E-state index in [2.05, 4.69) is 15.9 Å². The Kier molecular flexibility index (Phi) is 4.23. The Morgan fingerprint density at radius 3 is 2.53 bits per heavy atom. The second-order valence-corrected chi connectivity index (χ2v) is 7.75. The van der Waals surface area contributed by atoms with Crippen molar-refractivity contribution in [3.63, 3.8) is 0 Å². The van der Waals surface area contributed by atoms with Crippen molar-refractivity contribution in [3.8, 4) is 5.75 Å². The highest BCUT2D eigenvalue weighted by atomic mass is 79.9. The maximum Gasteiger partial charge on any atom is 0.243 e. The van der Waals surface area contributed by atoms with Gasteiger partial charge in [-0.1, -0.05) is 0 Å². The highest BCUT2D eigenvalue weighted by Crippen LogP contribution is 2.37. The summed E-state index contributed by atoms with van der Waals surface area (Å²) in [4.78, 5) is 0.287. The van der Waals surface area contributed by atoms with Gasteiger partial charge in [-0.25, -0.2) is 8.42 Å². The molecule has 6 heteroatoms. The first-order chi connectivity index (χ1) is 8.87. The lowest BCUT2D eigenvalue weighted by Gasteiger charge is -2.24. The first-order valence-corrected chi connectivity index (χ1v) is 8.43. The van der Waals surface area contributed by atoms with Crippen LogP contribution in [0.25, 0.3) is 0 Å². The number of hydrogen-bond donors (Lipinski definition) is 0. The molecule has 4 nitrogen and oxygen atoms in total. The van der Waals surface area contributed by atoms with Crippen LogP contribution < -0.4 is 4.74 Å². The molecule has 0 bridgehead atoms. The van der Waals surface area contributed by atoms with Gasteiger partial charge in [-0.15, -0.1) is 0 Å². The number of ether oxygens (including phenoxy) is 1. The SMILES string of the molecule is COc1ccc(S(=O)(=O)N(C)C(C)C2CC2)cc1Br. The Balaban J connectivity index is 2.30. The molecule has 0 saturated heterocycles. The summed E-state index contributed by atoms with van der Waals surface area (Å²) < 4.78 is 32.3. The number of benzene rings is 1. The molecular formula is C13H18BrNO3S. The Bertz CT molecular complexity index is 569. The molecule has 0 radical (unpaired) electrons. The van der Waals surface area contributed by atoms with Gasteiger partial charge in [0.05, 0.1) is 16.5 Å². The quantitative estimate of drug-likeness (QED) is 0.822. The topological polar surface area (TPSA) is 46.6 Å². The van der Waals surface area contributed by atoms with E-state index in [9.17, 15) is 8.42 Å². The lowest BCUT2D eigenvalue weighted by molar-refractivity contribution is 0.357. The van der Waals surface area contributed by atoms with E-state index in [1.165, 1.54) is 4.31 Å². The van der Waals surface area contributed by atoms with E-state index in [4.69, 9.17) is 4.74 Å². The van der Waals surface area contributed by atoms with Crippen molar-refractivity contribution < 1.29 is 13.2 Å². The van der Waals surface area contributed by atoms with E-state index in [0.717, 1.165) is 12.8 Å². The number of methoxy groups -OCH3 is 1. The zero-order valence-electron chi connectivity index (χ0n) is 11.3. The van der Waals surface area contributed by atoms with E-state index in [0.29, 0.717) is 16.1 Å². The zero-order valence-corrected chi connectivity index (χ0v) is 13.7. The standard InChI is InChI=1S/C13H18BrNO3S/c1-9(10-4-5-10)15(2)19(16,17)11-6-7-13(18-3)12(14)8-11/h6-10H,4-5H2,1-3H3. The molecule has 1 fully saturated rings. The van der Waals surface area contributed by atoms with Crippen LogP contribution in [-0.2, 0) is 10.0 Å². The van der Waals surface area contributed by atoms with Gasteiger partial charge in [0.25, 0.3) is 0 Å². The van der Waals surface area contributed by atoms with E-state index < -0.39 is 10.0 Å². The molecule has 0 spiro atoms. The molecule has 0 amide bonds. The zero-order chi connectivity index (χ0) is 14.2. The lowest BCUT2D eigenvalue weighted by atomic mass is 10.2. The van der Waals surface area contributed by atoms with E-state index in [1.807, 2.05) is 6.92 Å². The van der Waals surface area contributed by atoms with Gasteiger partial charge in [0.15, 0.2) is 0 Å². The molecule has 0 N–H and O–H groups in total. The molecule has 19 heavy (non-hydrogen) atoms. The third-order valence-corrected chi connectivity index (χ3v) is 6.24. The average molecular weight is 348 g/mol. The number of hydrogen-bond acceptors (Lipinski definition) is 3. The highest BCUT2D eigenvalue weighted by Gasteiger charge is 2.36. The summed E-state index contributed by atoms with van der Waals surface area (Å²) in [6.45, 7) is 1.97. The molecule has 1 aliphatic rings. The minimum Gasteiger partial charge on any atom is -0.496 e. The second kappa shape index (κ2) is 5.42. The highest BCUT2D eigenvalue weighted by molar-refractivity contribution is 9.10. The van der Waals surface area contributed by atoms with Gasteiger partial charge in [0.2, 0.25) is 10.0 Å². The molecule has 1 aromatic carbocycles. The number of halogens is 1. The van der Waals surface area contributed by atoms with Gasteiger partial charge >= 0.3 is 0 Å². The molecule has 1 unspecified atom stereocenters. The Morgan fingerprint density at radius 2 is 2.05 bits per heavy atom. The fourth-order valence-electron chi connectivity index (χ4n) is 2.07. The molecular weight excluding hydrogens is 330 g/mol. The van der Waals surface area contributed by atoms with Crippen molar-refractivity contribution in [2.24, 2.45) is 5.92 Å². The third kappa shape index (κ3) is 2.95. The fourth-order valence-corrected chi connectivity index (χ4v) is 4.21. The summed E-state index contributed by atoms with van der Waals surface area (Å²) in [6.07, 6.45) is 2.24. The van der Waals surface area contributed by atoms with Crippen LogP contribution in [0, 0.1) is 5.92 Å². The van der Waals surface area contributed by atoms with Gasteiger partial charge in [-0.3, -0.25) is 0 Å². The van der Waals surface area contributed by atoms with Crippen molar-refractivity contribution in [3.05, 3.63) is 22.7 Å². The molecule has 1 aromatic rings. The van der Waals surface area contributed by atoms with Crippen LogP contribution in [0.2, 0.25) is 0 Å². The van der Waals surface area contributed by atoms with E-state index in [1.54, 1.807) is 32.4 Å². The summed E-state index contributed by atoms with van der Waals surface area (Å²) in [6, 6.07) is 4.87. The van der Waals surface area contributed by atoms with Gasteiger partial charge in [0, 0.05) is 13.1 Å². The lowest BCUT2D eigenvalue weighted by Crippen LogP contribution is -2.36. The summed E-state index contributed by atoms with van der Waals surface area (Å²) in [5.41, 5.74) is 0. The van der Waals surface area contributed by atoms with Crippen LogP contribution in [0.3, 0.4) is 0 Å². The Hall–Kier alpha value is -0.590. The smallest absolute Gasteiger partial charge is 0.243 e. The van der Waals surface area contributed by atoms with Gasteiger partial charge in [0.1, 0.15) is 5.75 Å². The second-order valence-electron chi connectivity index (χ2n) is 4.90. The number of nitrogens with zero attached hydrogens (tertiary/aromatic N) is 1. The van der Waals surface area contributed by atoms with Crippen molar-refractivity contribution in [2.75, 3.05) is 14.2 Å². The molecule has 2 rings (SSSR count). The molecule has 1 atom stereocenters. The Labute approximate surface area is 122 Å². The predicted octanol–water partition coefficient (Wildman–Crippen LogP) is 2.88. The number of rotatable bonds is 5. The largest absolute Gasteiger partial charge is 0.496 e. The molecule has 1 aliphatic carbocycles. The van der Waals surface area contributed by atoms with Crippen molar-refractivity contribution >= 4 is 26.0 Å². The molecule has 106 valence electrons. The summed E-state index contributed by atoms with van der Waals surface area (Å²) in [5.74, 6) is 1.12. The predicted molar refractivity (Wildman–Crippen MR) is 77.8 cm³/mol. The molecule has 0 aliphatic heterocycles. The van der Waals surface area contributed by atoms with Gasteiger partial charge in [-0.2, -0.15) is 4.31 Å². The van der Waals surface area contributed by atoms with Crippen molar-refractivity contribution in [1.82, 2.24) is 4.31 Å². The normalized spacial score (nSPS) is 17.5. The summed E-state index contributed by atoms with van der Waals surface area (Å²) in [5, 5.41) is 0. The fraction of sp³-hybridized carbons (Fsp3) is 0.538. The van der Waals surface area contributed by atoms with Crippen LogP contribution in [0.15, 0.2) is 27.6 Å². The van der Waals surface area contributed by atoms with Crippen LogP contribution in [0.5, 0.6) is 5.75 Å². The first-order valence-electron chi connectivity index (χ1n) is 6.19. The summed E-state index contributed by atoms with van der Waals surface area (Å²) in [7, 11) is -0.243.